The summed E-state index contributed by atoms with van der Waals surface area (Å²) in [5.41, 5.74) is 4.47. The molecule has 1 unspecified atom stereocenters. The Morgan fingerprint density at radius 2 is 1.90 bits per heavy atom. The third-order valence-electron chi connectivity index (χ3n) is 3.76. The van der Waals surface area contributed by atoms with Gasteiger partial charge in [0.25, 0.3) is 0 Å². The first kappa shape index (κ1) is 15.5. The summed E-state index contributed by atoms with van der Waals surface area (Å²) >= 11 is 0. The number of ether oxygens (including phenoxy) is 1. The van der Waals surface area contributed by atoms with Gasteiger partial charge in [0.15, 0.2) is 0 Å². The number of rotatable bonds is 5. The van der Waals surface area contributed by atoms with Gasteiger partial charge in [0.2, 0.25) is 0 Å². The Morgan fingerprint density at radius 1 is 1.14 bits per heavy atom. The van der Waals surface area contributed by atoms with Crippen LogP contribution in [0.2, 0.25) is 0 Å². The maximum absolute atomic E-state index is 13.5. The molecule has 0 amide bonds. The maximum atomic E-state index is 13.5. The SMILES string of the molecule is CNC(C)c1ccc(F)cc1OCc1cc(C)ccc1C. The van der Waals surface area contributed by atoms with E-state index in [1.54, 1.807) is 6.07 Å². The zero-order valence-electron chi connectivity index (χ0n) is 13.0. The van der Waals surface area contributed by atoms with E-state index in [1.807, 2.05) is 14.0 Å². The van der Waals surface area contributed by atoms with Crippen LogP contribution in [0.25, 0.3) is 0 Å². The first-order valence-electron chi connectivity index (χ1n) is 7.17. The summed E-state index contributed by atoms with van der Waals surface area (Å²) in [6.45, 7) is 6.58. The van der Waals surface area contributed by atoms with Gasteiger partial charge in [0.1, 0.15) is 18.2 Å². The second-order valence-electron chi connectivity index (χ2n) is 5.41. The summed E-state index contributed by atoms with van der Waals surface area (Å²) in [6.07, 6.45) is 0. The predicted molar refractivity (Wildman–Crippen MR) is 84.1 cm³/mol. The molecule has 112 valence electrons. The van der Waals surface area contributed by atoms with E-state index in [-0.39, 0.29) is 11.9 Å². The van der Waals surface area contributed by atoms with Gasteiger partial charge < -0.3 is 10.1 Å². The molecule has 0 spiro atoms. The van der Waals surface area contributed by atoms with Crippen LogP contribution in [-0.2, 0) is 6.61 Å². The van der Waals surface area contributed by atoms with Crippen molar-refractivity contribution >= 4 is 0 Å². The van der Waals surface area contributed by atoms with Crippen LogP contribution < -0.4 is 10.1 Å². The van der Waals surface area contributed by atoms with Crippen molar-refractivity contribution in [3.05, 3.63) is 64.5 Å². The topological polar surface area (TPSA) is 21.3 Å². The van der Waals surface area contributed by atoms with Crippen molar-refractivity contribution in [2.24, 2.45) is 0 Å². The quantitative estimate of drug-likeness (QED) is 0.885. The normalized spacial score (nSPS) is 12.2. The van der Waals surface area contributed by atoms with Crippen LogP contribution in [0.4, 0.5) is 4.39 Å². The van der Waals surface area contributed by atoms with Gasteiger partial charge in [-0.2, -0.15) is 0 Å². The van der Waals surface area contributed by atoms with Gasteiger partial charge in [0, 0.05) is 17.7 Å². The number of benzene rings is 2. The molecular formula is C18H22FNO. The van der Waals surface area contributed by atoms with Crippen molar-refractivity contribution < 1.29 is 9.13 Å². The van der Waals surface area contributed by atoms with Crippen LogP contribution in [0.5, 0.6) is 5.75 Å². The monoisotopic (exact) mass is 287 g/mol. The number of halogens is 1. The standard InChI is InChI=1S/C18H22FNO/c1-12-5-6-13(2)15(9-12)11-21-18-10-16(19)7-8-17(18)14(3)20-4/h5-10,14,20H,11H2,1-4H3. The summed E-state index contributed by atoms with van der Waals surface area (Å²) < 4.78 is 19.4. The Morgan fingerprint density at radius 3 is 2.62 bits per heavy atom. The third kappa shape index (κ3) is 3.82. The average molecular weight is 287 g/mol. The lowest BCUT2D eigenvalue weighted by atomic mass is 10.1. The predicted octanol–water partition coefficient (Wildman–Crippen LogP) is 4.30. The van der Waals surface area contributed by atoms with Gasteiger partial charge in [-0.15, -0.1) is 0 Å². The highest BCUT2D eigenvalue weighted by atomic mass is 19.1. The summed E-state index contributed by atoms with van der Waals surface area (Å²) in [5, 5.41) is 3.16. The van der Waals surface area contributed by atoms with Gasteiger partial charge in [0.05, 0.1) is 0 Å². The molecule has 0 saturated heterocycles. The molecule has 2 aromatic carbocycles. The minimum Gasteiger partial charge on any atom is -0.488 e. The molecule has 0 saturated carbocycles. The molecular weight excluding hydrogens is 265 g/mol. The van der Waals surface area contributed by atoms with Crippen LogP contribution in [0.15, 0.2) is 36.4 Å². The Labute approximate surface area is 126 Å². The van der Waals surface area contributed by atoms with Crippen LogP contribution in [0, 0.1) is 19.7 Å². The van der Waals surface area contributed by atoms with Gasteiger partial charge in [-0.1, -0.05) is 29.8 Å². The molecule has 0 fully saturated rings. The fourth-order valence-corrected chi connectivity index (χ4v) is 2.26. The van der Waals surface area contributed by atoms with Gasteiger partial charge >= 0.3 is 0 Å². The highest BCUT2D eigenvalue weighted by molar-refractivity contribution is 5.37. The maximum Gasteiger partial charge on any atom is 0.127 e. The molecule has 0 heterocycles. The Kier molecular flexibility index (Phi) is 4.97. The van der Waals surface area contributed by atoms with E-state index in [4.69, 9.17) is 4.74 Å². The molecule has 1 atom stereocenters. The zero-order valence-corrected chi connectivity index (χ0v) is 13.0. The highest BCUT2D eigenvalue weighted by Crippen LogP contribution is 2.27. The Bertz CT molecular complexity index is 625. The fourth-order valence-electron chi connectivity index (χ4n) is 2.26. The molecule has 0 aliphatic heterocycles. The van der Waals surface area contributed by atoms with Gasteiger partial charge in [-0.05, 0) is 45.0 Å². The van der Waals surface area contributed by atoms with E-state index in [2.05, 4.69) is 37.4 Å². The molecule has 0 bridgehead atoms. The lowest BCUT2D eigenvalue weighted by Gasteiger charge is -2.17. The zero-order chi connectivity index (χ0) is 15.4. The lowest BCUT2D eigenvalue weighted by molar-refractivity contribution is 0.298. The van der Waals surface area contributed by atoms with E-state index in [0.717, 1.165) is 11.1 Å². The molecule has 2 nitrogen and oxygen atoms in total. The van der Waals surface area contributed by atoms with Crippen LogP contribution in [0.3, 0.4) is 0 Å². The first-order valence-corrected chi connectivity index (χ1v) is 7.17. The molecule has 2 rings (SSSR count). The second-order valence-corrected chi connectivity index (χ2v) is 5.41. The molecule has 2 aromatic rings. The van der Waals surface area contributed by atoms with E-state index >= 15 is 0 Å². The number of aryl methyl sites for hydroxylation is 2. The fraction of sp³-hybridized carbons (Fsp3) is 0.333. The summed E-state index contributed by atoms with van der Waals surface area (Å²) in [7, 11) is 1.88. The summed E-state index contributed by atoms with van der Waals surface area (Å²) in [6, 6.07) is 11.1. The second kappa shape index (κ2) is 6.72. The van der Waals surface area contributed by atoms with Crippen LogP contribution >= 0.6 is 0 Å². The Hall–Kier alpha value is -1.87. The van der Waals surface area contributed by atoms with Crippen molar-refractivity contribution in [2.75, 3.05) is 7.05 Å². The summed E-state index contributed by atoms with van der Waals surface area (Å²) in [5.74, 6) is 0.316. The molecule has 0 aliphatic carbocycles. The van der Waals surface area contributed by atoms with Gasteiger partial charge in [-0.25, -0.2) is 4.39 Å². The molecule has 0 radical (unpaired) electrons. The van der Waals surface area contributed by atoms with Crippen molar-refractivity contribution in [1.29, 1.82) is 0 Å². The molecule has 0 aromatic heterocycles. The molecule has 1 N–H and O–H groups in total. The van der Waals surface area contributed by atoms with Crippen molar-refractivity contribution in [3.8, 4) is 5.75 Å². The molecule has 21 heavy (non-hydrogen) atoms. The first-order chi connectivity index (χ1) is 10.0. The van der Waals surface area contributed by atoms with E-state index in [1.165, 1.54) is 23.3 Å². The third-order valence-corrected chi connectivity index (χ3v) is 3.76. The molecule has 3 heteroatoms. The van der Waals surface area contributed by atoms with Crippen LogP contribution in [0.1, 0.15) is 35.2 Å². The van der Waals surface area contributed by atoms with Crippen molar-refractivity contribution in [1.82, 2.24) is 5.32 Å². The average Bonchev–Trinajstić information content (AvgIpc) is 2.47. The number of hydrogen-bond acceptors (Lipinski definition) is 2. The van der Waals surface area contributed by atoms with E-state index in [9.17, 15) is 4.39 Å². The smallest absolute Gasteiger partial charge is 0.127 e. The van der Waals surface area contributed by atoms with Crippen LogP contribution in [-0.4, -0.2) is 7.05 Å². The molecule has 0 aliphatic rings. The van der Waals surface area contributed by atoms with Gasteiger partial charge in [-0.3, -0.25) is 0 Å². The largest absolute Gasteiger partial charge is 0.488 e. The number of hydrogen-bond donors (Lipinski definition) is 1. The van der Waals surface area contributed by atoms with Crippen molar-refractivity contribution in [3.63, 3.8) is 0 Å². The Balaban J connectivity index is 2.23. The minimum atomic E-state index is -0.280. The summed E-state index contributed by atoms with van der Waals surface area (Å²) in [4.78, 5) is 0. The van der Waals surface area contributed by atoms with E-state index < -0.39 is 0 Å². The lowest BCUT2D eigenvalue weighted by Crippen LogP contribution is -2.14. The van der Waals surface area contributed by atoms with E-state index in [0.29, 0.717) is 12.4 Å². The highest BCUT2D eigenvalue weighted by Gasteiger charge is 2.12. The number of nitrogens with one attached hydrogen (secondary N) is 1. The minimum absolute atomic E-state index is 0.110. The van der Waals surface area contributed by atoms with Crippen molar-refractivity contribution in [2.45, 2.75) is 33.4 Å².